The molecule has 2 unspecified atom stereocenters. The third-order valence-electron chi connectivity index (χ3n) is 4.72. The molecule has 102 valence electrons. The highest BCUT2D eigenvalue weighted by molar-refractivity contribution is 5.92. The van der Waals surface area contributed by atoms with Crippen LogP contribution in [0.3, 0.4) is 0 Å². The molecular weight excluding hydrogens is 230 g/mol. The average molecular weight is 255 g/mol. The minimum absolute atomic E-state index is 0.695. The van der Waals surface area contributed by atoms with E-state index < -0.39 is 0 Å². The summed E-state index contributed by atoms with van der Waals surface area (Å²) in [5.41, 5.74) is 5.55. The third kappa shape index (κ3) is 2.61. The Kier molecular flexibility index (Phi) is 3.47. The number of hydrogen-bond donors (Lipinski definition) is 0. The van der Waals surface area contributed by atoms with E-state index in [1.54, 1.807) is 0 Å². The van der Waals surface area contributed by atoms with E-state index in [0.717, 1.165) is 18.3 Å². The van der Waals surface area contributed by atoms with Crippen molar-refractivity contribution in [1.82, 2.24) is 0 Å². The Balaban J connectivity index is 1.93. The van der Waals surface area contributed by atoms with Crippen LogP contribution in [0.5, 0.6) is 0 Å². The zero-order valence-corrected chi connectivity index (χ0v) is 12.4. The first kappa shape index (κ1) is 12.9. The topological polar surface area (TPSA) is 12.4 Å². The quantitative estimate of drug-likeness (QED) is 0.713. The molecule has 0 heterocycles. The van der Waals surface area contributed by atoms with Gasteiger partial charge in [-0.3, -0.25) is 4.99 Å². The molecule has 1 aromatic carbocycles. The average Bonchev–Trinajstić information content (AvgIpc) is 2.95. The zero-order chi connectivity index (χ0) is 13.4. The molecule has 3 rings (SSSR count). The molecule has 0 radical (unpaired) electrons. The first-order chi connectivity index (χ1) is 9.13. The molecule has 0 N–H and O–H groups in total. The van der Waals surface area contributed by atoms with Gasteiger partial charge in [0, 0.05) is 5.71 Å². The minimum atomic E-state index is 0.695. The van der Waals surface area contributed by atoms with Gasteiger partial charge in [-0.1, -0.05) is 32.0 Å². The van der Waals surface area contributed by atoms with Gasteiger partial charge in [-0.2, -0.15) is 0 Å². The van der Waals surface area contributed by atoms with Crippen LogP contribution in [0.15, 0.2) is 23.2 Å². The monoisotopic (exact) mass is 255 g/mol. The molecule has 0 spiro atoms. The number of benzene rings is 1. The second kappa shape index (κ2) is 5.11. The van der Waals surface area contributed by atoms with Crippen molar-refractivity contribution >= 4 is 11.4 Å². The van der Waals surface area contributed by atoms with Crippen molar-refractivity contribution in [2.45, 2.75) is 52.9 Å². The summed E-state index contributed by atoms with van der Waals surface area (Å²) < 4.78 is 0. The van der Waals surface area contributed by atoms with Gasteiger partial charge in [0.1, 0.15) is 0 Å². The van der Waals surface area contributed by atoms with E-state index in [-0.39, 0.29) is 0 Å². The van der Waals surface area contributed by atoms with Crippen LogP contribution < -0.4 is 0 Å². The molecule has 2 saturated carbocycles. The minimum Gasteiger partial charge on any atom is -0.257 e. The number of aryl methyl sites for hydroxylation is 1. The van der Waals surface area contributed by atoms with Crippen LogP contribution in [0.25, 0.3) is 0 Å². The van der Waals surface area contributed by atoms with Crippen LogP contribution in [-0.4, -0.2) is 5.71 Å². The molecular formula is C18H25N. The predicted octanol–water partition coefficient (Wildman–Crippen LogP) is 5.09. The van der Waals surface area contributed by atoms with Gasteiger partial charge in [-0.25, -0.2) is 0 Å². The van der Waals surface area contributed by atoms with Crippen LogP contribution in [0.1, 0.15) is 50.7 Å². The molecule has 0 saturated heterocycles. The molecule has 1 nitrogen and oxygen atoms in total. The van der Waals surface area contributed by atoms with Gasteiger partial charge >= 0.3 is 0 Å². The van der Waals surface area contributed by atoms with Gasteiger partial charge in [-0.05, 0) is 67.9 Å². The number of nitrogens with zero attached hydrogens (tertiary/aromatic N) is 1. The lowest BCUT2D eigenvalue weighted by atomic mass is 9.96. The zero-order valence-electron chi connectivity index (χ0n) is 12.4. The standard InChI is InChI=1S/C18H25N/c1-12(2)9-16-6-4-5-13(3)18(16)19-17-11-14-7-8-15(17)10-14/h4-6,12,14-15H,7-11H2,1-3H3. The van der Waals surface area contributed by atoms with E-state index in [4.69, 9.17) is 4.99 Å². The first-order valence-electron chi connectivity index (χ1n) is 7.79. The Labute approximate surface area is 117 Å². The normalized spacial score (nSPS) is 27.7. The van der Waals surface area contributed by atoms with E-state index in [1.165, 1.54) is 48.2 Å². The Morgan fingerprint density at radius 2 is 2.11 bits per heavy atom. The summed E-state index contributed by atoms with van der Waals surface area (Å²) in [6.45, 7) is 6.78. The maximum absolute atomic E-state index is 5.11. The van der Waals surface area contributed by atoms with E-state index in [9.17, 15) is 0 Å². The molecule has 2 bridgehead atoms. The lowest BCUT2D eigenvalue weighted by molar-refractivity contribution is 0.591. The van der Waals surface area contributed by atoms with Crippen molar-refractivity contribution in [3.8, 4) is 0 Å². The molecule has 2 atom stereocenters. The fourth-order valence-electron chi connectivity index (χ4n) is 3.79. The van der Waals surface area contributed by atoms with Gasteiger partial charge in [-0.15, -0.1) is 0 Å². The van der Waals surface area contributed by atoms with Crippen LogP contribution in [0.4, 0.5) is 5.69 Å². The molecule has 2 aliphatic rings. The van der Waals surface area contributed by atoms with Gasteiger partial charge in [0.15, 0.2) is 0 Å². The molecule has 1 aromatic rings. The van der Waals surface area contributed by atoms with Crippen molar-refractivity contribution in [3.05, 3.63) is 29.3 Å². The second-order valence-electron chi connectivity index (χ2n) is 6.86. The van der Waals surface area contributed by atoms with Crippen LogP contribution >= 0.6 is 0 Å². The maximum atomic E-state index is 5.11. The number of hydrogen-bond acceptors (Lipinski definition) is 1. The predicted molar refractivity (Wildman–Crippen MR) is 82.3 cm³/mol. The highest BCUT2D eigenvalue weighted by Gasteiger charge is 2.36. The molecule has 2 fully saturated rings. The Hall–Kier alpha value is -1.11. The Morgan fingerprint density at radius 3 is 2.74 bits per heavy atom. The van der Waals surface area contributed by atoms with Crippen molar-refractivity contribution in [2.24, 2.45) is 22.7 Å². The second-order valence-corrected chi connectivity index (χ2v) is 6.86. The lowest BCUT2D eigenvalue weighted by Gasteiger charge is -2.15. The van der Waals surface area contributed by atoms with Crippen LogP contribution in [0.2, 0.25) is 0 Å². The summed E-state index contributed by atoms with van der Waals surface area (Å²) in [5, 5.41) is 0. The lowest BCUT2D eigenvalue weighted by Crippen LogP contribution is -2.09. The summed E-state index contributed by atoms with van der Waals surface area (Å²) in [6, 6.07) is 6.65. The summed E-state index contributed by atoms with van der Waals surface area (Å²) in [7, 11) is 0. The number of aliphatic imine (C=N–C) groups is 1. The van der Waals surface area contributed by atoms with Gasteiger partial charge in [0.05, 0.1) is 5.69 Å². The fourth-order valence-corrected chi connectivity index (χ4v) is 3.79. The fraction of sp³-hybridized carbons (Fsp3) is 0.611. The summed E-state index contributed by atoms with van der Waals surface area (Å²) >= 11 is 0. The van der Waals surface area contributed by atoms with Crippen molar-refractivity contribution in [1.29, 1.82) is 0 Å². The Bertz CT molecular complexity index is 498. The van der Waals surface area contributed by atoms with E-state index >= 15 is 0 Å². The Morgan fingerprint density at radius 1 is 1.26 bits per heavy atom. The van der Waals surface area contributed by atoms with Crippen molar-refractivity contribution < 1.29 is 0 Å². The van der Waals surface area contributed by atoms with E-state index in [0.29, 0.717) is 5.92 Å². The number of fused-ring (bicyclic) bond motifs is 2. The largest absolute Gasteiger partial charge is 0.257 e. The van der Waals surface area contributed by atoms with Crippen LogP contribution in [-0.2, 0) is 6.42 Å². The SMILES string of the molecule is Cc1cccc(CC(C)C)c1N=C1CC2CCC1C2. The van der Waals surface area contributed by atoms with Crippen molar-refractivity contribution in [2.75, 3.05) is 0 Å². The smallest absolute Gasteiger partial charge is 0.0690 e. The summed E-state index contributed by atoms with van der Waals surface area (Å²) in [6.07, 6.45) is 6.64. The number of rotatable bonds is 3. The summed E-state index contributed by atoms with van der Waals surface area (Å²) in [5.74, 6) is 2.44. The van der Waals surface area contributed by atoms with Gasteiger partial charge in [0.25, 0.3) is 0 Å². The van der Waals surface area contributed by atoms with Crippen LogP contribution in [0, 0.1) is 24.7 Å². The molecule has 2 aliphatic carbocycles. The molecule has 1 heteroatoms. The van der Waals surface area contributed by atoms with Gasteiger partial charge < -0.3 is 0 Å². The van der Waals surface area contributed by atoms with Gasteiger partial charge in [0.2, 0.25) is 0 Å². The first-order valence-corrected chi connectivity index (χ1v) is 7.79. The van der Waals surface area contributed by atoms with E-state index in [2.05, 4.69) is 39.0 Å². The summed E-state index contributed by atoms with van der Waals surface area (Å²) in [4.78, 5) is 5.11. The molecule has 0 amide bonds. The molecule has 19 heavy (non-hydrogen) atoms. The van der Waals surface area contributed by atoms with E-state index in [1.807, 2.05) is 0 Å². The highest BCUT2D eigenvalue weighted by atomic mass is 14.8. The highest BCUT2D eigenvalue weighted by Crippen LogP contribution is 2.44. The molecule has 0 aromatic heterocycles. The van der Waals surface area contributed by atoms with Crippen molar-refractivity contribution in [3.63, 3.8) is 0 Å². The molecule has 0 aliphatic heterocycles. The third-order valence-corrected chi connectivity index (χ3v) is 4.72. The maximum Gasteiger partial charge on any atom is 0.0690 e. The number of para-hydroxylation sites is 1.